The molecule has 3 rings (SSSR count). The summed E-state index contributed by atoms with van der Waals surface area (Å²) in [6.45, 7) is 1.75. The van der Waals surface area contributed by atoms with E-state index in [0.29, 0.717) is 22.6 Å². The Morgan fingerprint density at radius 3 is 2.67 bits per heavy atom. The van der Waals surface area contributed by atoms with Crippen molar-refractivity contribution >= 4 is 28.7 Å². The first kappa shape index (κ1) is 16.6. The quantitative estimate of drug-likeness (QED) is 0.826. The molecule has 1 aromatic heterocycles. The number of anilines is 2. The average molecular weight is 354 g/mol. The van der Waals surface area contributed by atoms with Crippen molar-refractivity contribution in [3.63, 3.8) is 0 Å². The van der Waals surface area contributed by atoms with Gasteiger partial charge in [0.25, 0.3) is 5.92 Å². The lowest BCUT2D eigenvalue weighted by Crippen LogP contribution is -2.15. The van der Waals surface area contributed by atoms with E-state index < -0.39 is 18.2 Å². The highest BCUT2D eigenvalue weighted by atomic mass is 35.5. The summed E-state index contributed by atoms with van der Waals surface area (Å²) >= 11 is 6.10. The van der Waals surface area contributed by atoms with Gasteiger partial charge in [-0.05, 0) is 25.1 Å². The molecule has 0 saturated heterocycles. The Kier molecular flexibility index (Phi) is 4.17. The van der Waals surface area contributed by atoms with Crippen molar-refractivity contribution in [2.45, 2.75) is 19.3 Å². The summed E-state index contributed by atoms with van der Waals surface area (Å²) in [4.78, 5) is 0. The normalized spacial score (nSPS) is 16.6. The van der Waals surface area contributed by atoms with Crippen LogP contribution < -0.4 is 5.32 Å². The second-order valence-electron chi connectivity index (χ2n) is 5.63. The van der Waals surface area contributed by atoms with Gasteiger partial charge in [-0.2, -0.15) is 5.10 Å². The zero-order chi connectivity index (χ0) is 17.5. The number of hydrogen-bond donors (Lipinski definition) is 1. The molecular weight excluding hydrogens is 339 g/mol. The molecule has 0 unspecified atom stereocenters. The number of nitrogens with one attached hydrogen (secondary N) is 1. The van der Waals surface area contributed by atoms with E-state index in [0.717, 1.165) is 6.08 Å². The minimum absolute atomic E-state index is 0.0511. The van der Waals surface area contributed by atoms with Crippen molar-refractivity contribution < 1.29 is 13.2 Å². The van der Waals surface area contributed by atoms with Gasteiger partial charge in [0.05, 0.1) is 17.8 Å². The minimum Gasteiger partial charge on any atom is -0.338 e. The molecule has 1 aliphatic carbocycles. The van der Waals surface area contributed by atoms with Crippen LogP contribution in [0.15, 0.2) is 41.4 Å². The maximum atomic E-state index is 13.9. The Bertz CT molecular complexity index is 853. The van der Waals surface area contributed by atoms with Gasteiger partial charge in [0.2, 0.25) is 0 Å². The van der Waals surface area contributed by atoms with E-state index in [1.807, 2.05) is 0 Å². The van der Waals surface area contributed by atoms with Gasteiger partial charge in [0.15, 0.2) is 0 Å². The third kappa shape index (κ3) is 3.06. The first-order valence-electron chi connectivity index (χ1n) is 7.30. The first-order valence-corrected chi connectivity index (χ1v) is 7.67. The molecule has 24 heavy (non-hydrogen) atoms. The van der Waals surface area contributed by atoms with Gasteiger partial charge in [-0.1, -0.05) is 29.8 Å². The molecule has 0 saturated carbocycles. The molecule has 1 N–H and O–H groups in total. The highest BCUT2D eigenvalue weighted by Crippen LogP contribution is 2.41. The molecule has 0 bridgehead atoms. The summed E-state index contributed by atoms with van der Waals surface area (Å²) < 4.78 is 42.4. The monoisotopic (exact) mass is 353 g/mol. The number of alkyl halides is 2. The summed E-state index contributed by atoms with van der Waals surface area (Å²) in [6.07, 6.45) is 1.56. The summed E-state index contributed by atoms with van der Waals surface area (Å²) in [6, 6.07) is 6.20. The van der Waals surface area contributed by atoms with Gasteiger partial charge in [-0.3, -0.25) is 4.68 Å². The topological polar surface area (TPSA) is 29.9 Å². The Labute approximate surface area is 142 Å². The molecule has 1 heterocycles. The molecule has 3 nitrogen and oxygen atoms in total. The second-order valence-corrected chi connectivity index (χ2v) is 6.08. The van der Waals surface area contributed by atoms with Crippen LogP contribution in [-0.4, -0.2) is 15.7 Å². The molecule has 0 amide bonds. The number of hydrogen-bond acceptors (Lipinski definition) is 2. The molecule has 1 aliphatic rings. The van der Waals surface area contributed by atoms with Gasteiger partial charge in [0, 0.05) is 23.2 Å². The molecular formula is C17H15ClF3N3. The number of aromatic nitrogens is 2. The first-order chi connectivity index (χ1) is 11.3. The van der Waals surface area contributed by atoms with Crippen LogP contribution in [0, 0.1) is 12.7 Å². The zero-order valence-electron chi connectivity index (χ0n) is 13.1. The number of para-hydroxylation sites is 1. The molecule has 0 spiro atoms. The third-order valence-corrected chi connectivity index (χ3v) is 4.13. The number of aryl methyl sites for hydroxylation is 2. The van der Waals surface area contributed by atoms with E-state index in [-0.39, 0.29) is 10.7 Å². The number of nitrogens with zero attached hydrogens (tertiary/aromatic N) is 2. The van der Waals surface area contributed by atoms with E-state index in [1.165, 1.54) is 16.8 Å². The third-order valence-electron chi connectivity index (χ3n) is 3.80. The summed E-state index contributed by atoms with van der Waals surface area (Å²) in [7, 11) is 1.69. The van der Waals surface area contributed by atoms with Gasteiger partial charge in [-0.25, -0.2) is 13.2 Å². The standard InChI is InChI=1S/C17H15ClF3N3/c1-10-15(11-7-8-17(20,21)9-12(11)18)16(24(2)23-10)22-14-6-4-3-5-13(14)19/h3-8,22H,9H2,1-2H3. The molecule has 1 aromatic carbocycles. The largest absolute Gasteiger partial charge is 0.338 e. The van der Waals surface area contributed by atoms with Gasteiger partial charge in [0.1, 0.15) is 11.6 Å². The number of benzene rings is 1. The number of allylic oxidation sites excluding steroid dienone is 4. The second kappa shape index (κ2) is 6.02. The maximum Gasteiger partial charge on any atom is 0.271 e. The van der Waals surface area contributed by atoms with Crippen LogP contribution in [0.5, 0.6) is 0 Å². The highest BCUT2D eigenvalue weighted by Gasteiger charge is 2.32. The van der Waals surface area contributed by atoms with Crippen molar-refractivity contribution in [3.05, 3.63) is 58.5 Å². The Hall–Kier alpha value is -2.21. The lowest BCUT2D eigenvalue weighted by atomic mass is 9.97. The molecule has 0 aliphatic heterocycles. The van der Waals surface area contributed by atoms with Crippen LogP contribution >= 0.6 is 11.6 Å². The predicted octanol–water partition coefficient (Wildman–Crippen LogP) is 5.16. The van der Waals surface area contributed by atoms with E-state index in [1.54, 1.807) is 32.2 Å². The van der Waals surface area contributed by atoms with Crippen LogP contribution in [0.4, 0.5) is 24.7 Å². The maximum absolute atomic E-state index is 13.9. The van der Waals surface area contributed by atoms with E-state index >= 15 is 0 Å². The van der Waals surface area contributed by atoms with Crippen molar-refractivity contribution in [2.24, 2.45) is 7.05 Å². The molecule has 7 heteroatoms. The average Bonchev–Trinajstić information content (AvgIpc) is 2.75. The Morgan fingerprint density at radius 1 is 1.29 bits per heavy atom. The molecule has 126 valence electrons. The van der Waals surface area contributed by atoms with Gasteiger partial charge < -0.3 is 5.32 Å². The minimum atomic E-state index is -2.96. The Morgan fingerprint density at radius 2 is 2.00 bits per heavy atom. The lowest BCUT2D eigenvalue weighted by Gasteiger charge is -2.19. The fourth-order valence-corrected chi connectivity index (χ4v) is 3.03. The van der Waals surface area contributed by atoms with Crippen molar-refractivity contribution in [1.82, 2.24) is 9.78 Å². The number of halogens is 4. The van der Waals surface area contributed by atoms with Crippen molar-refractivity contribution in [3.8, 4) is 0 Å². The summed E-state index contributed by atoms with van der Waals surface area (Å²) in [5.41, 5.74) is 1.92. The molecule has 0 atom stereocenters. The number of rotatable bonds is 3. The van der Waals surface area contributed by atoms with Crippen LogP contribution in [0.3, 0.4) is 0 Å². The highest BCUT2D eigenvalue weighted by molar-refractivity contribution is 6.33. The zero-order valence-corrected chi connectivity index (χ0v) is 13.8. The van der Waals surface area contributed by atoms with Crippen LogP contribution in [0.25, 0.3) is 5.57 Å². The van der Waals surface area contributed by atoms with Crippen LogP contribution in [0.2, 0.25) is 0 Å². The fraction of sp³-hybridized carbons (Fsp3) is 0.235. The molecule has 2 aromatic rings. The van der Waals surface area contributed by atoms with Gasteiger partial charge >= 0.3 is 0 Å². The van der Waals surface area contributed by atoms with Crippen molar-refractivity contribution in [2.75, 3.05) is 5.32 Å². The van der Waals surface area contributed by atoms with E-state index in [2.05, 4.69) is 10.4 Å². The Balaban J connectivity index is 2.08. The van der Waals surface area contributed by atoms with Crippen LogP contribution in [0.1, 0.15) is 17.7 Å². The summed E-state index contributed by atoms with van der Waals surface area (Å²) in [5.74, 6) is -2.90. The van der Waals surface area contributed by atoms with E-state index in [9.17, 15) is 13.2 Å². The van der Waals surface area contributed by atoms with Crippen LogP contribution in [-0.2, 0) is 7.05 Å². The predicted molar refractivity (Wildman–Crippen MR) is 89.1 cm³/mol. The molecule has 0 radical (unpaired) electrons. The van der Waals surface area contributed by atoms with Gasteiger partial charge in [-0.15, -0.1) is 0 Å². The fourth-order valence-electron chi connectivity index (χ4n) is 2.69. The SMILES string of the molecule is Cc1nn(C)c(Nc2ccccc2F)c1C1=C(Cl)CC(F)(F)C=C1. The van der Waals surface area contributed by atoms with Crippen molar-refractivity contribution in [1.29, 1.82) is 0 Å². The van der Waals surface area contributed by atoms with E-state index in [4.69, 9.17) is 11.6 Å². The molecule has 0 fully saturated rings. The lowest BCUT2D eigenvalue weighted by molar-refractivity contribution is 0.0567. The summed E-state index contributed by atoms with van der Waals surface area (Å²) in [5, 5.41) is 7.33. The smallest absolute Gasteiger partial charge is 0.271 e.